The van der Waals surface area contributed by atoms with Crippen LogP contribution in [0.2, 0.25) is 0 Å². The first-order chi connectivity index (χ1) is 5.61. The maximum absolute atomic E-state index is 10.4. The topological polar surface area (TPSA) is 80.3 Å². The summed E-state index contributed by atoms with van der Waals surface area (Å²) in [6.45, 7) is 0. The Balaban J connectivity index is 0. The van der Waals surface area contributed by atoms with Crippen LogP contribution in [0.1, 0.15) is 25.7 Å². The molecule has 1 aliphatic rings. The molecule has 0 heterocycles. The second-order valence-corrected chi connectivity index (χ2v) is 3.20. The maximum atomic E-state index is 10.4. The van der Waals surface area contributed by atoms with Crippen LogP contribution in [0.3, 0.4) is 0 Å². The van der Waals surface area contributed by atoms with Gasteiger partial charge in [-0.15, -0.1) is 0 Å². The van der Waals surface area contributed by atoms with Gasteiger partial charge in [-0.3, -0.25) is 0 Å². The van der Waals surface area contributed by atoms with Gasteiger partial charge in [0, 0.05) is 11.9 Å². The van der Waals surface area contributed by atoms with Crippen LogP contribution >= 0.6 is 0 Å². The molecule has 0 radical (unpaired) electrons. The zero-order valence-electron chi connectivity index (χ0n) is 7.22. The predicted molar refractivity (Wildman–Crippen MR) is 35.5 cm³/mol. The van der Waals surface area contributed by atoms with Crippen molar-refractivity contribution in [2.75, 3.05) is 0 Å². The summed E-state index contributed by atoms with van der Waals surface area (Å²) < 4.78 is 0. The van der Waals surface area contributed by atoms with E-state index in [0.29, 0.717) is 19.3 Å². The quantitative estimate of drug-likeness (QED) is 0.530. The minimum Gasteiger partial charge on any atom is -0.550 e. The molecule has 0 bridgehead atoms. The normalized spacial score (nSPS) is 25.4. The number of hydrogen-bond acceptors (Lipinski definition) is 4. The first kappa shape index (κ1) is 16.8. The second kappa shape index (κ2) is 7.68. The third-order valence-corrected chi connectivity index (χ3v) is 2.34. The van der Waals surface area contributed by atoms with E-state index in [1.54, 1.807) is 0 Å². The summed E-state index contributed by atoms with van der Waals surface area (Å²) in [5.41, 5.74) is 0. The van der Waals surface area contributed by atoms with Gasteiger partial charge in [0.1, 0.15) is 0 Å². The van der Waals surface area contributed by atoms with E-state index < -0.39 is 23.8 Å². The average Bonchev–Trinajstić information content (AvgIpc) is 2.04. The van der Waals surface area contributed by atoms with Crippen molar-refractivity contribution >= 4 is 11.9 Å². The summed E-state index contributed by atoms with van der Waals surface area (Å²) in [7, 11) is 0. The first-order valence-corrected chi connectivity index (χ1v) is 4.03. The molecule has 2 unspecified atom stereocenters. The Hall–Kier alpha value is 0.421. The van der Waals surface area contributed by atoms with Crippen molar-refractivity contribution in [3.8, 4) is 0 Å². The Morgan fingerprint density at radius 3 is 1.57 bits per heavy atom. The Morgan fingerprint density at radius 1 is 0.929 bits per heavy atom. The van der Waals surface area contributed by atoms with Gasteiger partial charge in [-0.05, 0) is 31.1 Å². The number of hydrogen-bond donors (Lipinski definition) is 0. The van der Waals surface area contributed by atoms with Crippen LogP contribution in [0.15, 0.2) is 0 Å². The van der Waals surface area contributed by atoms with Crippen LogP contribution in [0, 0.1) is 11.8 Å². The molecule has 0 aromatic rings. The van der Waals surface area contributed by atoms with Gasteiger partial charge in [-0.1, -0.05) is 6.42 Å². The van der Waals surface area contributed by atoms with Crippen molar-refractivity contribution in [2.45, 2.75) is 25.7 Å². The third kappa shape index (κ3) is 4.77. The summed E-state index contributed by atoms with van der Waals surface area (Å²) in [4.78, 5) is 20.8. The van der Waals surface area contributed by atoms with Gasteiger partial charge in [-0.2, -0.15) is 0 Å². The van der Waals surface area contributed by atoms with Crippen molar-refractivity contribution < 1.29 is 64.6 Å². The van der Waals surface area contributed by atoms with Gasteiger partial charge < -0.3 is 19.8 Å². The predicted octanol–water partition coefficient (Wildman–Crippen LogP) is -1.71. The van der Waals surface area contributed by atoms with Crippen LogP contribution in [-0.4, -0.2) is 11.9 Å². The van der Waals surface area contributed by atoms with Gasteiger partial charge in [0.15, 0.2) is 0 Å². The monoisotopic (exact) mass is 384 g/mol. The third-order valence-electron chi connectivity index (χ3n) is 2.34. The van der Waals surface area contributed by atoms with E-state index in [4.69, 9.17) is 0 Å². The van der Waals surface area contributed by atoms with Crippen LogP contribution < -0.4 is 10.2 Å². The van der Waals surface area contributed by atoms with E-state index in [1.807, 2.05) is 0 Å². The van der Waals surface area contributed by atoms with Crippen molar-refractivity contribution in [1.82, 2.24) is 0 Å². The van der Waals surface area contributed by atoms with Crippen molar-refractivity contribution in [1.29, 1.82) is 0 Å². The van der Waals surface area contributed by atoms with Gasteiger partial charge in [0.2, 0.25) is 0 Å². The van der Waals surface area contributed by atoms with E-state index in [1.165, 1.54) is 0 Å². The fraction of sp³-hybridized carbons (Fsp3) is 0.750. The summed E-state index contributed by atoms with van der Waals surface area (Å²) >= 11 is 0. The second-order valence-electron chi connectivity index (χ2n) is 3.20. The summed E-state index contributed by atoms with van der Waals surface area (Å²) in [5, 5.41) is 20.8. The van der Waals surface area contributed by atoms with Gasteiger partial charge in [0.25, 0.3) is 0 Å². The fourth-order valence-electron chi connectivity index (χ4n) is 1.62. The number of carboxylic acid groups (broad SMARTS) is 2. The van der Waals surface area contributed by atoms with E-state index in [-0.39, 0.29) is 51.2 Å². The Kier molecular flexibility index (Phi) is 9.23. The molecule has 0 N–H and O–H groups in total. The molecule has 1 saturated carbocycles. The molecule has 0 amide bonds. The molecule has 1 fully saturated rings. The molecule has 0 spiro atoms. The molecule has 4 nitrogen and oxygen atoms in total. The van der Waals surface area contributed by atoms with Gasteiger partial charge in [-0.25, -0.2) is 0 Å². The molecule has 88 valence electrons. The Morgan fingerprint density at radius 2 is 1.29 bits per heavy atom. The van der Waals surface area contributed by atoms with E-state index in [2.05, 4.69) is 0 Å². The number of aliphatic carboxylic acids is 2. The number of carbonyl (C=O) groups excluding carboxylic acids is 2. The SMILES string of the molecule is O=C([O-])C1CCCC(C(=O)[O-])C1.[Ag+].[Ag+]. The molecule has 0 saturated heterocycles. The average molecular weight is 386 g/mol. The molecule has 1 aliphatic carbocycles. The summed E-state index contributed by atoms with van der Waals surface area (Å²) in [6, 6.07) is 0. The molecule has 14 heavy (non-hydrogen) atoms. The maximum Gasteiger partial charge on any atom is 1.00 e. The van der Waals surface area contributed by atoms with Crippen LogP contribution in [-0.2, 0) is 54.3 Å². The largest absolute Gasteiger partial charge is 1.00 e. The number of carboxylic acids is 2. The van der Waals surface area contributed by atoms with Gasteiger partial charge >= 0.3 is 44.8 Å². The van der Waals surface area contributed by atoms with E-state index in [0.717, 1.165) is 0 Å². The number of carbonyl (C=O) groups is 2. The van der Waals surface area contributed by atoms with Crippen LogP contribution in [0.25, 0.3) is 0 Å². The zero-order valence-corrected chi connectivity index (χ0v) is 10.2. The number of rotatable bonds is 2. The molecule has 6 heteroatoms. The molecule has 0 aromatic heterocycles. The standard InChI is InChI=1S/C8H12O4.2Ag/c9-7(10)5-2-1-3-6(4-5)8(11)12;;/h5-6H,1-4H2,(H,9,10)(H,11,12);;/q;2*+1/p-2. The molecule has 0 aromatic carbocycles. The van der Waals surface area contributed by atoms with E-state index >= 15 is 0 Å². The molecular formula is C8H10Ag2O4. The minimum atomic E-state index is -1.14. The summed E-state index contributed by atoms with van der Waals surface area (Å²) in [5.74, 6) is -3.47. The minimum absolute atomic E-state index is 0. The molecule has 0 aliphatic heterocycles. The Labute approximate surface area is 113 Å². The molecule has 1 rings (SSSR count). The Bertz CT molecular complexity index is 188. The first-order valence-electron chi connectivity index (χ1n) is 4.03. The van der Waals surface area contributed by atoms with Crippen molar-refractivity contribution in [2.24, 2.45) is 11.8 Å². The van der Waals surface area contributed by atoms with Crippen molar-refractivity contribution in [3.63, 3.8) is 0 Å². The van der Waals surface area contributed by atoms with Crippen LogP contribution in [0.5, 0.6) is 0 Å². The smallest absolute Gasteiger partial charge is 0.550 e. The zero-order chi connectivity index (χ0) is 9.14. The summed E-state index contributed by atoms with van der Waals surface area (Å²) in [6.07, 6.45) is 1.88. The van der Waals surface area contributed by atoms with Crippen LogP contribution in [0.4, 0.5) is 0 Å². The fourth-order valence-corrected chi connectivity index (χ4v) is 1.62. The van der Waals surface area contributed by atoms with E-state index in [9.17, 15) is 19.8 Å². The molecule has 2 atom stereocenters. The molecular weight excluding hydrogens is 376 g/mol. The van der Waals surface area contributed by atoms with Gasteiger partial charge in [0.05, 0.1) is 0 Å². The van der Waals surface area contributed by atoms with Crippen molar-refractivity contribution in [3.05, 3.63) is 0 Å².